The van der Waals surface area contributed by atoms with Crippen LogP contribution in [0.15, 0.2) is 12.1 Å². The molecule has 0 radical (unpaired) electrons. The van der Waals surface area contributed by atoms with E-state index in [1.165, 1.54) is 26.4 Å². The van der Waals surface area contributed by atoms with Crippen molar-refractivity contribution in [2.24, 2.45) is 0 Å². The maximum absolute atomic E-state index is 13.5. The lowest BCUT2D eigenvalue weighted by atomic mass is 10.0. The Morgan fingerprint density at radius 3 is 2.38 bits per heavy atom. The standard InChI is InChI=1S/C12H15FO3/c1-15-10-6-11(16-2)9(13)5-8(10)7-12(14)3-4-12/h5-6,14H,3-4,7H2,1-2H3. The molecule has 0 atom stereocenters. The number of rotatable bonds is 4. The van der Waals surface area contributed by atoms with Gasteiger partial charge < -0.3 is 14.6 Å². The lowest BCUT2D eigenvalue weighted by molar-refractivity contribution is 0.149. The first-order valence-electron chi connectivity index (χ1n) is 5.21. The van der Waals surface area contributed by atoms with Crippen LogP contribution in [-0.4, -0.2) is 24.9 Å². The number of ether oxygens (including phenoxy) is 2. The maximum Gasteiger partial charge on any atom is 0.165 e. The average molecular weight is 226 g/mol. The predicted octanol–water partition coefficient (Wildman–Crippen LogP) is 1.91. The summed E-state index contributed by atoms with van der Waals surface area (Å²) in [6.45, 7) is 0. The number of hydrogen-bond acceptors (Lipinski definition) is 3. The van der Waals surface area contributed by atoms with E-state index in [0.717, 1.165) is 12.8 Å². The van der Waals surface area contributed by atoms with Crippen molar-refractivity contribution in [2.75, 3.05) is 14.2 Å². The summed E-state index contributed by atoms with van der Waals surface area (Å²) in [6.07, 6.45) is 1.96. The fourth-order valence-electron chi connectivity index (χ4n) is 1.74. The van der Waals surface area contributed by atoms with Gasteiger partial charge in [0.15, 0.2) is 11.6 Å². The molecule has 3 nitrogen and oxygen atoms in total. The number of methoxy groups -OCH3 is 2. The van der Waals surface area contributed by atoms with Crippen molar-refractivity contribution in [3.63, 3.8) is 0 Å². The second-order valence-corrected chi connectivity index (χ2v) is 4.20. The van der Waals surface area contributed by atoms with Gasteiger partial charge >= 0.3 is 0 Å². The molecule has 1 aliphatic carbocycles. The molecule has 0 aliphatic heterocycles. The summed E-state index contributed by atoms with van der Waals surface area (Å²) >= 11 is 0. The minimum absolute atomic E-state index is 0.156. The van der Waals surface area contributed by atoms with Crippen LogP contribution in [0.4, 0.5) is 4.39 Å². The van der Waals surface area contributed by atoms with Gasteiger partial charge in [-0.15, -0.1) is 0 Å². The average Bonchev–Trinajstić information content (AvgIpc) is 2.96. The minimum Gasteiger partial charge on any atom is -0.496 e. The van der Waals surface area contributed by atoms with Gasteiger partial charge in [0.05, 0.1) is 19.8 Å². The molecule has 88 valence electrons. The van der Waals surface area contributed by atoms with Crippen LogP contribution >= 0.6 is 0 Å². The number of halogens is 1. The van der Waals surface area contributed by atoms with Crippen LogP contribution in [0.25, 0.3) is 0 Å². The van der Waals surface area contributed by atoms with Gasteiger partial charge in [0.25, 0.3) is 0 Å². The molecule has 1 aromatic rings. The van der Waals surface area contributed by atoms with Gasteiger partial charge in [-0.2, -0.15) is 0 Å². The van der Waals surface area contributed by atoms with E-state index in [4.69, 9.17) is 9.47 Å². The van der Waals surface area contributed by atoms with Gasteiger partial charge in [0.1, 0.15) is 5.75 Å². The Morgan fingerprint density at radius 1 is 1.25 bits per heavy atom. The van der Waals surface area contributed by atoms with E-state index in [1.807, 2.05) is 0 Å². The van der Waals surface area contributed by atoms with E-state index in [0.29, 0.717) is 17.7 Å². The van der Waals surface area contributed by atoms with E-state index >= 15 is 0 Å². The SMILES string of the molecule is COc1cc(OC)c(CC2(O)CC2)cc1F. The smallest absolute Gasteiger partial charge is 0.165 e. The van der Waals surface area contributed by atoms with Crippen LogP contribution in [0, 0.1) is 5.82 Å². The molecular weight excluding hydrogens is 211 g/mol. The minimum atomic E-state index is -0.658. The van der Waals surface area contributed by atoms with E-state index in [-0.39, 0.29) is 5.75 Å². The fourth-order valence-corrected chi connectivity index (χ4v) is 1.74. The van der Waals surface area contributed by atoms with Gasteiger partial charge in [0.2, 0.25) is 0 Å². The third kappa shape index (κ3) is 2.11. The van der Waals surface area contributed by atoms with Crippen LogP contribution in [0.3, 0.4) is 0 Å². The quantitative estimate of drug-likeness (QED) is 0.852. The van der Waals surface area contributed by atoms with Crippen molar-refractivity contribution in [1.29, 1.82) is 0 Å². The summed E-state index contributed by atoms with van der Waals surface area (Å²) < 4.78 is 23.5. The molecule has 1 aliphatic rings. The van der Waals surface area contributed by atoms with Gasteiger partial charge in [-0.25, -0.2) is 4.39 Å². The van der Waals surface area contributed by atoms with Crippen LogP contribution in [-0.2, 0) is 6.42 Å². The van der Waals surface area contributed by atoms with E-state index < -0.39 is 11.4 Å². The maximum atomic E-state index is 13.5. The molecule has 0 unspecified atom stereocenters. The Hall–Kier alpha value is -1.29. The van der Waals surface area contributed by atoms with E-state index in [1.54, 1.807) is 0 Å². The molecular formula is C12H15FO3. The molecule has 1 saturated carbocycles. The Balaban J connectivity index is 2.32. The first-order valence-corrected chi connectivity index (χ1v) is 5.21. The summed E-state index contributed by atoms with van der Waals surface area (Å²) in [6, 6.07) is 2.88. The summed E-state index contributed by atoms with van der Waals surface area (Å²) in [5.74, 6) is 0.282. The lowest BCUT2D eigenvalue weighted by Gasteiger charge is -2.13. The molecule has 0 heterocycles. The highest BCUT2D eigenvalue weighted by atomic mass is 19.1. The predicted molar refractivity (Wildman–Crippen MR) is 57.4 cm³/mol. The summed E-state index contributed by atoms with van der Waals surface area (Å²) in [5, 5.41) is 9.81. The molecule has 16 heavy (non-hydrogen) atoms. The highest BCUT2D eigenvalue weighted by molar-refractivity contribution is 5.43. The van der Waals surface area contributed by atoms with Gasteiger partial charge in [-0.3, -0.25) is 0 Å². The van der Waals surface area contributed by atoms with Gasteiger partial charge in [0, 0.05) is 18.1 Å². The van der Waals surface area contributed by atoms with Crippen molar-refractivity contribution in [3.05, 3.63) is 23.5 Å². The van der Waals surface area contributed by atoms with Crippen molar-refractivity contribution < 1.29 is 19.0 Å². The normalized spacial score (nSPS) is 17.0. The Morgan fingerprint density at radius 2 is 1.88 bits per heavy atom. The molecule has 0 bridgehead atoms. The molecule has 0 amide bonds. The fraction of sp³-hybridized carbons (Fsp3) is 0.500. The third-order valence-electron chi connectivity index (χ3n) is 2.90. The molecule has 1 aromatic carbocycles. The van der Waals surface area contributed by atoms with Gasteiger partial charge in [-0.05, 0) is 18.9 Å². The van der Waals surface area contributed by atoms with Crippen LogP contribution < -0.4 is 9.47 Å². The van der Waals surface area contributed by atoms with Crippen LogP contribution in [0.1, 0.15) is 18.4 Å². The zero-order valence-electron chi connectivity index (χ0n) is 9.42. The molecule has 0 spiro atoms. The Bertz CT molecular complexity index is 399. The number of hydrogen-bond donors (Lipinski definition) is 1. The molecule has 1 fully saturated rings. The summed E-state index contributed by atoms with van der Waals surface area (Å²) in [4.78, 5) is 0. The first-order chi connectivity index (χ1) is 7.58. The highest BCUT2D eigenvalue weighted by Gasteiger charge is 2.41. The molecule has 1 N–H and O–H groups in total. The van der Waals surface area contributed by atoms with Crippen LogP contribution in [0.2, 0.25) is 0 Å². The highest BCUT2D eigenvalue weighted by Crippen LogP contribution is 2.41. The monoisotopic (exact) mass is 226 g/mol. The van der Waals surface area contributed by atoms with Gasteiger partial charge in [-0.1, -0.05) is 0 Å². The van der Waals surface area contributed by atoms with Crippen molar-refractivity contribution >= 4 is 0 Å². The van der Waals surface area contributed by atoms with Crippen LogP contribution in [0.5, 0.6) is 11.5 Å². The van der Waals surface area contributed by atoms with Crippen molar-refractivity contribution in [1.82, 2.24) is 0 Å². The summed E-state index contributed by atoms with van der Waals surface area (Å²) in [7, 11) is 2.93. The number of benzene rings is 1. The molecule has 0 aromatic heterocycles. The second kappa shape index (κ2) is 3.94. The Labute approximate surface area is 93.8 Å². The van der Waals surface area contributed by atoms with Crippen molar-refractivity contribution in [3.8, 4) is 11.5 Å². The van der Waals surface area contributed by atoms with Crippen molar-refractivity contribution in [2.45, 2.75) is 24.9 Å². The topological polar surface area (TPSA) is 38.7 Å². The summed E-state index contributed by atoms with van der Waals surface area (Å²) in [5.41, 5.74) is 0.0229. The largest absolute Gasteiger partial charge is 0.496 e. The Kier molecular flexibility index (Phi) is 2.76. The van der Waals surface area contributed by atoms with E-state index in [2.05, 4.69) is 0 Å². The zero-order valence-corrected chi connectivity index (χ0v) is 9.42. The first kappa shape index (κ1) is 11.2. The molecule has 2 rings (SSSR count). The third-order valence-corrected chi connectivity index (χ3v) is 2.90. The second-order valence-electron chi connectivity index (χ2n) is 4.20. The molecule has 0 saturated heterocycles. The van der Waals surface area contributed by atoms with E-state index in [9.17, 15) is 9.50 Å². The lowest BCUT2D eigenvalue weighted by Crippen LogP contribution is -2.12. The molecule has 4 heteroatoms. The zero-order chi connectivity index (χ0) is 11.8. The number of aliphatic hydroxyl groups is 1.